The van der Waals surface area contributed by atoms with Gasteiger partial charge >= 0.3 is 0 Å². The molecule has 0 unspecified atom stereocenters. The summed E-state index contributed by atoms with van der Waals surface area (Å²) in [5.41, 5.74) is 2.72. The molecule has 1 aliphatic rings. The first kappa shape index (κ1) is 17.2. The van der Waals surface area contributed by atoms with Crippen molar-refractivity contribution in [2.45, 2.75) is 6.54 Å². The van der Waals surface area contributed by atoms with Crippen molar-refractivity contribution >= 4 is 11.6 Å². The maximum Gasteiger partial charge on any atom is 0.279 e. The number of piperazine rings is 1. The summed E-state index contributed by atoms with van der Waals surface area (Å²) in [7, 11) is 0. The van der Waals surface area contributed by atoms with Crippen LogP contribution in [0.2, 0.25) is 0 Å². The monoisotopic (exact) mass is 336 g/mol. The van der Waals surface area contributed by atoms with E-state index in [9.17, 15) is 4.79 Å². The first-order valence-corrected chi connectivity index (χ1v) is 8.74. The van der Waals surface area contributed by atoms with Crippen molar-refractivity contribution in [1.82, 2.24) is 0 Å². The van der Waals surface area contributed by atoms with Crippen LogP contribution in [-0.2, 0) is 11.3 Å². The molecule has 0 bridgehead atoms. The zero-order valence-electron chi connectivity index (χ0n) is 14.3. The Hall–Kier alpha value is -2.68. The van der Waals surface area contributed by atoms with Gasteiger partial charge in [0, 0.05) is 11.3 Å². The number of hydrogen-bond donors (Lipinski definition) is 3. The Morgan fingerprint density at radius 1 is 0.960 bits per heavy atom. The Morgan fingerprint density at radius 2 is 1.60 bits per heavy atom. The van der Waals surface area contributed by atoms with Gasteiger partial charge in [-0.15, -0.1) is 0 Å². The molecule has 3 rings (SSSR count). The number of carbonyl (C=O) groups is 1. The molecule has 0 aliphatic carbocycles. The molecule has 1 aliphatic heterocycles. The normalized spacial score (nSPS) is 19.8. The number of quaternary nitrogens is 2. The fraction of sp³-hybridized carbons (Fsp3) is 0.300. The molecule has 0 atom stereocenters. The number of anilines is 1. The van der Waals surface area contributed by atoms with Gasteiger partial charge in [-0.25, -0.2) is 0 Å². The van der Waals surface area contributed by atoms with Gasteiger partial charge in [-0.2, -0.15) is 5.26 Å². The summed E-state index contributed by atoms with van der Waals surface area (Å²) in [4.78, 5) is 15.1. The van der Waals surface area contributed by atoms with Crippen LogP contribution in [0.15, 0.2) is 54.6 Å². The second-order valence-corrected chi connectivity index (χ2v) is 6.58. The van der Waals surface area contributed by atoms with Crippen LogP contribution in [0.3, 0.4) is 0 Å². The third-order valence-electron chi connectivity index (χ3n) is 4.67. The lowest BCUT2D eigenvalue weighted by atomic mass is 10.2. The summed E-state index contributed by atoms with van der Waals surface area (Å²) in [5.74, 6) is 0.0335. The first-order valence-electron chi connectivity index (χ1n) is 8.74. The van der Waals surface area contributed by atoms with E-state index in [1.807, 2.05) is 6.07 Å². The highest BCUT2D eigenvalue weighted by Gasteiger charge is 2.24. The highest BCUT2D eigenvalue weighted by molar-refractivity contribution is 5.91. The second-order valence-electron chi connectivity index (χ2n) is 6.58. The Morgan fingerprint density at radius 3 is 2.24 bits per heavy atom. The lowest BCUT2D eigenvalue weighted by Crippen LogP contribution is -3.28. The molecular formula is C20H24N4O+2. The number of rotatable bonds is 5. The quantitative estimate of drug-likeness (QED) is 0.688. The van der Waals surface area contributed by atoms with Gasteiger partial charge in [0.15, 0.2) is 6.54 Å². The maximum atomic E-state index is 12.2. The van der Waals surface area contributed by atoms with E-state index in [4.69, 9.17) is 5.26 Å². The van der Waals surface area contributed by atoms with E-state index < -0.39 is 0 Å². The summed E-state index contributed by atoms with van der Waals surface area (Å²) in [6.45, 7) is 5.78. The van der Waals surface area contributed by atoms with Crippen LogP contribution < -0.4 is 15.1 Å². The number of nitrogens with zero attached hydrogens (tertiary/aromatic N) is 1. The lowest BCUT2D eigenvalue weighted by Gasteiger charge is -2.29. The zero-order chi connectivity index (χ0) is 17.5. The number of nitrogens with one attached hydrogen (secondary N) is 3. The molecule has 0 radical (unpaired) electrons. The maximum absolute atomic E-state index is 12.2. The van der Waals surface area contributed by atoms with Gasteiger partial charge in [-0.3, -0.25) is 4.79 Å². The third kappa shape index (κ3) is 5.15. The van der Waals surface area contributed by atoms with E-state index in [-0.39, 0.29) is 5.91 Å². The van der Waals surface area contributed by atoms with E-state index in [0.717, 1.165) is 38.4 Å². The summed E-state index contributed by atoms with van der Waals surface area (Å²) in [6, 6.07) is 19.6. The Bertz CT molecular complexity index is 729. The predicted molar refractivity (Wildman–Crippen MR) is 96.2 cm³/mol. The molecule has 128 valence electrons. The van der Waals surface area contributed by atoms with Gasteiger partial charge in [0.2, 0.25) is 0 Å². The van der Waals surface area contributed by atoms with Crippen molar-refractivity contribution in [3.63, 3.8) is 0 Å². The molecule has 0 aromatic heterocycles. The van der Waals surface area contributed by atoms with Crippen molar-refractivity contribution < 1.29 is 14.6 Å². The van der Waals surface area contributed by atoms with Crippen LogP contribution >= 0.6 is 0 Å². The van der Waals surface area contributed by atoms with Crippen molar-refractivity contribution in [2.24, 2.45) is 0 Å². The van der Waals surface area contributed by atoms with E-state index in [1.54, 1.807) is 29.2 Å². The van der Waals surface area contributed by atoms with Crippen LogP contribution in [0.1, 0.15) is 11.1 Å². The summed E-state index contributed by atoms with van der Waals surface area (Å²) in [5, 5.41) is 11.7. The van der Waals surface area contributed by atoms with Gasteiger partial charge < -0.3 is 15.1 Å². The minimum atomic E-state index is 0.0335. The van der Waals surface area contributed by atoms with Crippen molar-refractivity contribution in [2.75, 3.05) is 38.0 Å². The van der Waals surface area contributed by atoms with Crippen LogP contribution in [0.4, 0.5) is 5.69 Å². The van der Waals surface area contributed by atoms with E-state index in [0.29, 0.717) is 12.1 Å². The largest absolute Gasteiger partial charge is 0.322 e. The topological polar surface area (TPSA) is 61.8 Å². The van der Waals surface area contributed by atoms with Crippen LogP contribution in [0.5, 0.6) is 0 Å². The second kappa shape index (κ2) is 8.43. The van der Waals surface area contributed by atoms with Crippen molar-refractivity contribution in [3.8, 4) is 6.07 Å². The van der Waals surface area contributed by atoms with Gasteiger partial charge in [0.1, 0.15) is 32.7 Å². The lowest BCUT2D eigenvalue weighted by molar-refractivity contribution is -1.02. The Kier molecular flexibility index (Phi) is 5.78. The minimum absolute atomic E-state index is 0.0335. The summed E-state index contributed by atoms with van der Waals surface area (Å²) >= 11 is 0. The fourth-order valence-corrected chi connectivity index (χ4v) is 3.26. The average molecular weight is 336 g/mol. The van der Waals surface area contributed by atoms with Gasteiger partial charge in [-0.1, -0.05) is 30.3 Å². The van der Waals surface area contributed by atoms with Crippen LogP contribution in [0.25, 0.3) is 0 Å². The molecule has 1 heterocycles. The van der Waals surface area contributed by atoms with Crippen molar-refractivity contribution in [1.29, 1.82) is 5.26 Å². The molecule has 5 nitrogen and oxygen atoms in total. The van der Waals surface area contributed by atoms with Crippen molar-refractivity contribution in [3.05, 3.63) is 65.7 Å². The molecule has 1 saturated heterocycles. The molecule has 5 heteroatoms. The molecule has 0 spiro atoms. The average Bonchev–Trinajstić information content (AvgIpc) is 2.65. The molecule has 25 heavy (non-hydrogen) atoms. The SMILES string of the molecule is N#Cc1ccc(NC(=O)C[NH+]2CC[NH+](Cc3ccccc3)CC2)cc1. The van der Waals surface area contributed by atoms with Gasteiger partial charge in [0.25, 0.3) is 5.91 Å². The third-order valence-corrected chi connectivity index (χ3v) is 4.67. The smallest absolute Gasteiger partial charge is 0.279 e. The van der Waals surface area contributed by atoms with E-state index >= 15 is 0 Å². The molecular weight excluding hydrogens is 312 g/mol. The van der Waals surface area contributed by atoms with Gasteiger partial charge in [0.05, 0.1) is 11.6 Å². The molecule has 0 saturated carbocycles. The number of hydrogen-bond acceptors (Lipinski definition) is 2. The predicted octanol–water partition coefficient (Wildman–Crippen LogP) is -0.520. The van der Waals surface area contributed by atoms with Crippen LogP contribution in [-0.4, -0.2) is 38.6 Å². The minimum Gasteiger partial charge on any atom is -0.322 e. The highest BCUT2D eigenvalue weighted by atomic mass is 16.2. The number of carbonyl (C=O) groups excluding carboxylic acids is 1. The zero-order valence-corrected chi connectivity index (χ0v) is 14.3. The van der Waals surface area contributed by atoms with E-state index in [1.165, 1.54) is 10.5 Å². The summed E-state index contributed by atoms with van der Waals surface area (Å²) in [6.07, 6.45) is 0. The fourth-order valence-electron chi connectivity index (χ4n) is 3.26. The Labute approximate surface area is 148 Å². The molecule has 2 aromatic carbocycles. The molecule has 1 amide bonds. The highest BCUT2D eigenvalue weighted by Crippen LogP contribution is 2.08. The molecule has 3 N–H and O–H groups in total. The standard InChI is InChI=1S/C20H22N4O/c21-14-17-6-8-19(9-7-17)22-20(25)16-24-12-10-23(11-13-24)15-18-4-2-1-3-5-18/h1-9H,10-13,15-16H2,(H,22,25)/p+2. The number of amides is 1. The number of nitriles is 1. The molecule has 2 aromatic rings. The van der Waals surface area contributed by atoms with E-state index in [2.05, 4.69) is 35.7 Å². The number of benzene rings is 2. The van der Waals surface area contributed by atoms with Crippen LogP contribution in [0, 0.1) is 11.3 Å². The molecule has 1 fully saturated rings. The summed E-state index contributed by atoms with van der Waals surface area (Å²) < 4.78 is 0. The Balaban J connectivity index is 1.42. The first-order chi connectivity index (χ1) is 12.2. The van der Waals surface area contributed by atoms with Gasteiger partial charge in [-0.05, 0) is 24.3 Å².